The molecule has 1 N–H and O–H groups in total. The minimum absolute atomic E-state index is 0.348. The highest BCUT2D eigenvalue weighted by atomic mass is 16.8. The Morgan fingerprint density at radius 1 is 1.11 bits per heavy atom. The first-order valence-electron chi connectivity index (χ1n) is 9.94. The highest BCUT2D eigenvalue weighted by Crippen LogP contribution is 2.51. The molecule has 1 unspecified atom stereocenters. The second-order valence-corrected chi connectivity index (χ2v) is 8.06. The molecule has 0 aromatic heterocycles. The molecule has 0 aliphatic carbocycles. The Morgan fingerprint density at radius 3 is 2.32 bits per heavy atom. The molecular weight excluding hydrogens is 356 g/mol. The van der Waals surface area contributed by atoms with Crippen LogP contribution in [0.15, 0.2) is 55.6 Å². The lowest BCUT2D eigenvalue weighted by atomic mass is 9.72. The van der Waals surface area contributed by atoms with Gasteiger partial charge in [0.25, 0.3) is 0 Å². The van der Waals surface area contributed by atoms with Gasteiger partial charge >= 0.3 is 0 Å². The van der Waals surface area contributed by atoms with E-state index in [0.717, 1.165) is 5.56 Å². The minimum Gasteiger partial charge on any atom is -0.386 e. The molecule has 3 rings (SSSR count). The van der Waals surface area contributed by atoms with E-state index >= 15 is 0 Å². The van der Waals surface area contributed by atoms with Crippen LogP contribution in [0.5, 0.6) is 0 Å². The van der Waals surface area contributed by atoms with E-state index in [2.05, 4.69) is 13.2 Å². The molecule has 2 heterocycles. The number of hydrogen-bond donors (Lipinski definition) is 1. The number of benzene rings is 1. The van der Waals surface area contributed by atoms with Gasteiger partial charge in [0, 0.05) is 0 Å². The van der Waals surface area contributed by atoms with E-state index < -0.39 is 35.5 Å². The number of aliphatic hydroxyl groups is 1. The summed E-state index contributed by atoms with van der Waals surface area (Å²) in [4.78, 5) is 0. The molecule has 1 aromatic carbocycles. The van der Waals surface area contributed by atoms with E-state index in [-0.39, 0.29) is 0 Å². The summed E-state index contributed by atoms with van der Waals surface area (Å²) in [6, 6.07) is 9.94. The molecule has 0 radical (unpaired) electrons. The SMILES string of the molecule is C=CCC(O)(CC=C)[C@]1(CC)O[C@@H]2OC(C)(C)O[C@H]2C1OCc1ccccc1. The summed E-state index contributed by atoms with van der Waals surface area (Å²) in [5, 5.41) is 11.7. The molecule has 154 valence electrons. The second-order valence-electron chi connectivity index (χ2n) is 8.06. The van der Waals surface area contributed by atoms with Gasteiger partial charge in [-0.2, -0.15) is 0 Å². The van der Waals surface area contributed by atoms with Crippen molar-refractivity contribution in [1.29, 1.82) is 0 Å². The van der Waals surface area contributed by atoms with Crippen molar-refractivity contribution in [3.05, 3.63) is 61.2 Å². The third-order valence-corrected chi connectivity index (χ3v) is 5.72. The van der Waals surface area contributed by atoms with Crippen LogP contribution in [-0.4, -0.2) is 40.6 Å². The molecule has 0 amide bonds. The van der Waals surface area contributed by atoms with Crippen LogP contribution in [0.2, 0.25) is 0 Å². The molecule has 0 bridgehead atoms. The summed E-state index contributed by atoms with van der Waals surface area (Å²) in [6.45, 7) is 13.7. The van der Waals surface area contributed by atoms with Crippen molar-refractivity contribution in [3.8, 4) is 0 Å². The molecule has 2 aliphatic heterocycles. The maximum Gasteiger partial charge on any atom is 0.190 e. The molecule has 1 aromatic rings. The molecule has 0 saturated carbocycles. The Balaban J connectivity index is 1.96. The summed E-state index contributed by atoms with van der Waals surface area (Å²) in [6.07, 6.45) is 3.11. The maximum atomic E-state index is 11.7. The highest BCUT2D eigenvalue weighted by molar-refractivity contribution is 5.18. The Labute approximate surface area is 167 Å². The van der Waals surface area contributed by atoms with E-state index in [1.165, 1.54) is 0 Å². The van der Waals surface area contributed by atoms with Crippen molar-refractivity contribution in [2.24, 2.45) is 0 Å². The number of ether oxygens (including phenoxy) is 4. The number of fused-ring (bicyclic) bond motifs is 1. The predicted molar refractivity (Wildman–Crippen MR) is 108 cm³/mol. The summed E-state index contributed by atoms with van der Waals surface area (Å²) >= 11 is 0. The molecular formula is C23H32O5. The average Bonchev–Trinajstić information content (AvgIpc) is 3.10. The third-order valence-electron chi connectivity index (χ3n) is 5.72. The summed E-state index contributed by atoms with van der Waals surface area (Å²) < 4.78 is 24.9. The largest absolute Gasteiger partial charge is 0.386 e. The van der Waals surface area contributed by atoms with Gasteiger partial charge in [0.05, 0.1) is 6.61 Å². The lowest BCUT2D eigenvalue weighted by Crippen LogP contribution is -2.62. The molecule has 4 atom stereocenters. The van der Waals surface area contributed by atoms with E-state index in [4.69, 9.17) is 18.9 Å². The van der Waals surface area contributed by atoms with E-state index in [1.807, 2.05) is 51.1 Å². The van der Waals surface area contributed by atoms with Gasteiger partial charge in [-0.05, 0) is 38.7 Å². The van der Waals surface area contributed by atoms with Crippen LogP contribution in [0.3, 0.4) is 0 Å². The molecule has 5 nitrogen and oxygen atoms in total. The Bertz CT molecular complexity index is 675. The zero-order valence-corrected chi connectivity index (χ0v) is 17.1. The van der Waals surface area contributed by atoms with E-state index in [1.54, 1.807) is 12.2 Å². The maximum absolute atomic E-state index is 11.7. The minimum atomic E-state index is -1.23. The van der Waals surface area contributed by atoms with Gasteiger partial charge in [-0.3, -0.25) is 0 Å². The third kappa shape index (κ3) is 3.70. The van der Waals surface area contributed by atoms with Gasteiger partial charge in [-0.25, -0.2) is 0 Å². The van der Waals surface area contributed by atoms with Gasteiger partial charge in [-0.15, -0.1) is 13.2 Å². The van der Waals surface area contributed by atoms with Gasteiger partial charge < -0.3 is 24.1 Å². The first-order chi connectivity index (χ1) is 13.3. The zero-order chi connectivity index (χ0) is 20.4. The van der Waals surface area contributed by atoms with Crippen LogP contribution in [0.25, 0.3) is 0 Å². The molecule has 0 spiro atoms. The molecule has 2 aliphatic rings. The normalized spacial score (nSPS) is 31.5. The van der Waals surface area contributed by atoms with E-state index in [0.29, 0.717) is 25.9 Å². The fourth-order valence-electron chi connectivity index (χ4n) is 4.48. The fourth-order valence-corrected chi connectivity index (χ4v) is 4.48. The highest BCUT2D eigenvalue weighted by Gasteiger charge is 2.68. The van der Waals surface area contributed by atoms with Gasteiger partial charge in [0.2, 0.25) is 0 Å². The predicted octanol–water partition coefficient (Wildman–Crippen LogP) is 4.11. The van der Waals surface area contributed by atoms with Crippen LogP contribution < -0.4 is 0 Å². The van der Waals surface area contributed by atoms with Crippen molar-refractivity contribution in [3.63, 3.8) is 0 Å². The van der Waals surface area contributed by atoms with Gasteiger partial charge in [-0.1, -0.05) is 49.4 Å². The Kier molecular flexibility index (Phi) is 6.13. The summed E-state index contributed by atoms with van der Waals surface area (Å²) in [7, 11) is 0. The lowest BCUT2D eigenvalue weighted by molar-refractivity contribution is -0.285. The van der Waals surface area contributed by atoms with Crippen LogP contribution in [-0.2, 0) is 25.6 Å². The summed E-state index contributed by atoms with van der Waals surface area (Å²) in [5.74, 6) is -0.765. The van der Waals surface area contributed by atoms with Crippen molar-refractivity contribution in [1.82, 2.24) is 0 Å². The van der Waals surface area contributed by atoms with Crippen LogP contribution >= 0.6 is 0 Å². The zero-order valence-electron chi connectivity index (χ0n) is 17.1. The van der Waals surface area contributed by atoms with Gasteiger partial charge in [0.1, 0.15) is 23.4 Å². The van der Waals surface area contributed by atoms with Crippen molar-refractivity contribution < 1.29 is 24.1 Å². The topological polar surface area (TPSA) is 57.2 Å². The first-order valence-corrected chi connectivity index (χ1v) is 9.94. The standard InChI is InChI=1S/C23H32O5/c1-6-14-22(24,15-7-2)23(8-3)19(25-16-17-12-10-9-11-13-17)18-20(28-23)27-21(4,5)26-18/h6-7,9-13,18-20,24H,1-2,8,14-16H2,3-5H3/t18-,19?,20-,23+/m0/s1. The number of rotatable bonds is 9. The quantitative estimate of drug-likeness (QED) is 0.645. The molecule has 2 saturated heterocycles. The summed E-state index contributed by atoms with van der Waals surface area (Å²) in [5.41, 5.74) is -1.19. The van der Waals surface area contributed by atoms with Gasteiger partial charge in [0.15, 0.2) is 12.1 Å². The molecule has 28 heavy (non-hydrogen) atoms. The van der Waals surface area contributed by atoms with Crippen LogP contribution in [0, 0.1) is 0 Å². The molecule has 5 heteroatoms. The monoisotopic (exact) mass is 388 g/mol. The van der Waals surface area contributed by atoms with Crippen LogP contribution in [0.1, 0.15) is 45.6 Å². The van der Waals surface area contributed by atoms with Crippen molar-refractivity contribution >= 4 is 0 Å². The van der Waals surface area contributed by atoms with Crippen molar-refractivity contribution in [2.75, 3.05) is 0 Å². The second kappa shape index (κ2) is 8.09. The fraction of sp³-hybridized carbons (Fsp3) is 0.565. The van der Waals surface area contributed by atoms with Crippen LogP contribution in [0.4, 0.5) is 0 Å². The Morgan fingerprint density at radius 2 is 1.75 bits per heavy atom. The smallest absolute Gasteiger partial charge is 0.190 e. The Hall–Kier alpha value is -1.50. The first kappa shape index (κ1) is 21.2. The lowest BCUT2D eigenvalue weighted by Gasteiger charge is -2.47. The van der Waals surface area contributed by atoms with Crippen molar-refractivity contribution in [2.45, 2.75) is 82.1 Å². The average molecular weight is 389 g/mol. The number of hydrogen-bond acceptors (Lipinski definition) is 5. The van der Waals surface area contributed by atoms with E-state index in [9.17, 15) is 5.11 Å². The molecule has 2 fully saturated rings.